The van der Waals surface area contributed by atoms with Crippen molar-refractivity contribution < 1.29 is 9.53 Å². The quantitative estimate of drug-likeness (QED) is 0.907. The lowest BCUT2D eigenvalue weighted by Gasteiger charge is -2.44. The lowest BCUT2D eigenvalue weighted by atomic mass is 9.71. The van der Waals surface area contributed by atoms with Crippen molar-refractivity contribution in [3.05, 3.63) is 47.5 Å². The molecule has 1 amide bonds. The molecule has 4 rings (SSSR count). The van der Waals surface area contributed by atoms with E-state index in [2.05, 4.69) is 10.3 Å². The van der Waals surface area contributed by atoms with Gasteiger partial charge in [0.25, 0.3) is 0 Å². The summed E-state index contributed by atoms with van der Waals surface area (Å²) >= 11 is 0. The van der Waals surface area contributed by atoms with E-state index in [4.69, 9.17) is 9.72 Å². The first-order valence-electron chi connectivity index (χ1n) is 8.64. The summed E-state index contributed by atoms with van der Waals surface area (Å²) in [6, 6.07) is 7.65. The van der Waals surface area contributed by atoms with Gasteiger partial charge in [-0.3, -0.25) is 4.79 Å². The number of nitrogens with one attached hydrogen (secondary N) is 1. The number of rotatable bonds is 2. The molecule has 0 unspecified atom stereocenters. The van der Waals surface area contributed by atoms with Gasteiger partial charge >= 0.3 is 0 Å². The third-order valence-electron chi connectivity index (χ3n) is 5.26. The maximum absolute atomic E-state index is 13.5. The molecular formula is C19H22N4O2. The zero-order valence-electron chi connectivity index (χ0n) is 14.6. The maximum Gasteiger partial charge on any atom is 0.239 e. The minimum Gasteiger partial charge on any atom is -0.497 e. The Bertz CT molecular complexity index is 798. The zero-order chi connectivity index (χ0) is 17.4. The maximum atomic E-state index is 13.5. The molecule has 0 atom stereocenters. The highest BCUT2D eigenvalue weighted by atomic mass is 16.5. The summed E-state index contributed by atoms with van der Waals surface area (Å²) in [4.78, 5) is 24.5. The van der Waals surface area contributed by atoms with E-state index in [-0.39, 0.29) is 5.91 Å². The van der Waals surface area contributed by atoms with E-state index in [9.17, 15) is 4.79 Å². The molecule has 6 heteroatoms. The second kappa shape index (κ2) is 6.11. The number of carbonyl (C=O) groups excluding carboxylic acids is 1. The number of benzene rings is 1. The van der Waals surface area contributed by atoms with Crippen molar-refractivity contribution in [3.63, 3.8) is 0 Å². The predicted molar refractivity (Wildman–Crippen MR) is 94.7 cm³/mol. The van der Waals surface area contributed by atoms with Crippen LogP contribution in [0.15, 0.2) is 30.5 Å². The molecule has 1 fully saturated rings. The number of ether oxygens (including phenoxy) is 1. The number of piperidine rings is 1. The van der Waals surface area contributed by atoms with Crippen LogP contribution >= 0.6 is 0 Å². The molecule has 0 radical (unpaired) electrons. The van der Waals surface area contributed by atoms with Crippen molar-refractivity contribution in [2.45, 2.75) is 31.7 Å². The van der Waals surface area contributed by atoms with Crippen LogP contribution in [0.2, 0.25) is 0 Å². The van der Waals surface area contributed by atoms with Crippen molar-refractivity contribution in [2.24, 2.45) is 0 Å². The Morgan fingerprint density at radius 1 is 1.20 bits per heavy atom. The number of carbonyl (C=O) groups is 1. The summed E-state index contributed by atoms with van der Waals surface area (Å²) in [5.41, 5.74) is 2.31. The normalized spacial score (nSPS) is 19.0. The van der Waals surface area contributed by atoms with Crippen LogP contribution in [0.1, 0.15) is 29.9 Å². The van der Waals surface area contributed by atoms with E-state index in [1.807, 2.05) is 42.3 Å². The van der Waals surface area contributed by atoms with Crippen LogP contribution in [0.4, 0.5) is 5.69 Å². The molecule has 2 aliphatic rings. The third-order valence-corrected chi connectivity index (χ3v) is 5.26. The molecule has 6 nitrogen and oxygen atoms in total. The standard InChI is InChI=1S/C19H22N4O2/c1-13-21-11-14-12-23(15-3-5-16(25-2)6-4-15)18(24)19(17(14)22-13)7-9-20-10-8-19/h3-6,11,20H,7-10,12H2,1-2H3. The number of nitrogens with zero attached hydrogens (tertiary/aromatic N) is 3. The second-order valence-corrected chi connectivity index (χ2v) is 6.71. The van der Waals surface area contributed by atoms with E-state index < -0.39 is 5.41 Å². The fourth-order valence-electron chi connectivity index (χ4n) is 3.90. The van der Waals surface area contributed by atoms with Crippen molar-refractivity contribution >= 4 is 11.6 Å². The number of amides is 1. The Morgan fingerprint density at radius 3 is 2.60 bits per heavy atom. The fraction of sp³-hybridized carbons (Fsp3) is 0.421. The number of hydrogen-bond donors (Lipinski definition) is 1. The molecule has 1 spiro atoms. The van der Waals surface area contributed by atoms with Gasteiger partial charge in [-0.1, -0.05) is 0 Å². The fourth-order valence-corrected chi connectivity index (χ4v) is 3.90. The van der Waals surface area contributed by atoms with Gasteiger partial charge in [0, 0.05) is 17.4 Å². The van der Waals surface area contributed by atoms with Crippen LogP contribution in [0.25, 0.3) is 0 Å². The first-order chi connectivity index (χ1) is 12.1. The zero-order valence-corrected chi connectivity index (χ0v) is 14.6. The first-order valence-corrected chi connectivity index (χ1v) is 8.64. The van der Waals surface area contributed by atoms with Crippen LogP contribution in [0.5, 0.6) is 5.75 Å². The summed E-state index contributed by atoms with van der Waals surface area (Å²) in [6.45, 7) is 4.04. The molecule has 0 saturated carbocycles. The summed E-state index contributed by atoms with van der Waals surface area (Å²) in [5.74, 6) is 1.65. The smallest absolute Gasteiger partial charge is 0.239 e. The Balaban J connectivity index is 1.81. The average Bonchev–Trinajstić information content (AvgIpc) is 2.66. The van der Waals surface area contributed by atoms with Crippen LogP contribution in [-0.2, 0) is 16.8 Å². The van der Waals surface area contributed by atoms with Crippen LogP contribution < -0.4 is 15.0 Å². The lowest BCUT2D eigenvalue weighted by Crippen LogP contribution is -2.56. The topological polar surface area (TPSA) is 67.3 Å². The minimum absolute atomic E-state index is 0.143. The predicted octanol–water partition coefficient (Wildman–Crippen LogP) is 1.96. The molecule has 1 aromatic carbocycles. The second-order valence-electron chi connectivity index (χ2n) is 6.71. The minimum atomic E-state index is -0.549. The van der Waals surface area contributed by atoms with Crippen LogP contribution in [-0.4, -0.2) is 36.1 Å². The lowest BCUT2D eigenvalue weighted by molar-refractivity contribution is -0.126. The van der Waals surface area contributed by atoms with Gasteiger partial charge in [-0.15, -0.1) is 0 Å². The van der Waals surface area contributed by atoms with Gasteiger partial charge in [0.2, 0.25) is 5.91 Å². The molecule has 3 heterocycles. The molecule has 0 aliphatic carbocycles. The highest BCUT2D eigenvalue weighted by molar-refractivity contribution is 6.02. The largest absolute Gasteiger partial charge is 0.497 e. The highest BCUT2D eigenvalue weighted by Gasteiger charge is 2.49. The number of fused-ring (bicyclic) bond motifs is 2. The molecule has 1 N–H and O–H groups in total. The molecule has 130 valence electrons. The van der Waals surface area contributed by atoms with Gasteiger partial charge in [0.1, 0.15) is 11.6 Å². The molecule has 0 bridgehead atoms. The number of aromatic nitrogens is 2. The van der Waals surface area contributed by atoms with E-state index in [1.54, 1.807) is 7.11 Å². The van der Waals surface area contributed by atoms with Crippen LogP contribution in [0, 0.1) is 6.92 Å². The number of aryl methyl sites for hydroxylation is 1. The Morgan fingerprint density at radius 2 is 1.92 bits per heavy atom. The highest BCUT2D eigenvalue weighted by Crippen LogP contribution is 2.41. The Labute approximate surface area is 147 Å². The Kier molecular flexibility index (Phi) is 3.92. The Hall–Kier alpha value is -2.47. The molecule has 2 aliphatic heterocycles. The molecular weight excluding hydrogens is 316 g/mol. The SMILES string of the molecule is COc1ccc(N2Cc3cnc(C)nc3C3(CCNCC3)C2=O)cc1. The summed E-state index contributed by atoms with van der Waals surface area (Å²) in [6.07, 6.45) is 3.41. The molecule has 1 aromatic heterocycles. The van der Waals surface area contributed by atoms with Gasteiger partial charge in [0.15, 0.2) is 0 Å². The summed E-state index contributed by atoms with van der Waals surface area (Å²) < 4.78 is 5.23. The number of methoxy groups -OCH3 is 1. The van der Waals surface area contributed by atoms with Gasteiger partial charge in [0.05, 0.1) is 24.8 Å². The number of anilines is 1. The van der Waals surface area contributed by atoms with E-state index >= 15 is 0 Å². The first kappa shape index (κ1) is 16.0. The summed E-state index contributed by atoms with van der Waals surface area (Å²) in [7, 11) is 1.64. The van der Waals surface area contributed by atoms with Crippen LogP contribution in [0.3, 0.4) is 0 Å². The summed E-state index contributed by atoms with van der Waals surface area (Å²) in [5, 5.41) is 3.36. The third kappa shape index (κ3) is 2.57. The van der Waals surface area contributed by atoms with E-state index in [0.717, 1.165) is 54.4 Å². The van der Waals surface area contributed by atoms with Gasteiger partial charge in [-0.25, -0.2) is 9.97 Å². The molecule has 25 heavy (non-hydrogen) atoms. The van der Waals surface area contributed by atoms with E-state index in [0.29, 0.717) is 6.54 Å². The number of hydrogen-bond acceptors (Lipinski definition) is 5. The van der Waals surface area contributed by atoms with Crippen molar-refractivity contribution in [3.8, 4) is 5.75 Å². The van der Waals surface area contributed by atoms with Crippen molar-refractivity contribution in [1.82, 2.24) is 15.3 Å². The van der Waals surface area contributed by atoms with E-state index in [1.165, 1.54) is 0 Å². The monoisotopic (exact) mass is 338 g/mol. The van der Waals surface area contributed by atoms with Gasteiger partial charge in [-0.05, 0) is 57.1 Å². The van der Waals surface area contributed by atoms with Crippen molar-refractivity contribution in [2.75, 3.05) is 25.1 Å². The molecule has 2 aromatic rings. The average molecular weight is 338 g/mol. The molecule has 1 saturated heterocycles. The van der Waals surface area contributed by atoms with Gasteiger partial charge < -0.3 is 15.0 Å². The van der Waals surface area contributed by atoms with Gasteiger partial charge in [-0.2, -0.15) is 0 Å². The van der Waals surface area contributed by atoms with Crippen molar-refractivity contribution in [1.29, 1.82) is 0 Å².